The van der Waals surface area contributed by atoms with Gasteiger partial charge in [0.15, 0.2) is 11.6 Å². The number of alkyl halides is 2. The first-order chi connectivity index (χ1) is 21.1. The van der Waals surface area contributed by atoms with E-state index in [1.54, 1.807) is 6.07 Å². The Morgan fingerprint density at radius 2 is 1.95 bits per heavy atom. The van der Waals surface area contributed by atoms with Crippen molar-refractivity contribution in [2.75, 3.05) is 49.8 Å². The zero-order valence-corrected chi connectivity index (χ0v) is 24.4. The molecule has 3 atom stereocenters. The molecule has 6 heterocycles. The summed E-state index contributed by atoms with van der Waals surface area (Å²) in [5.74, 6) is -2.97. The Hall–Kier alpha value is -3.95. The number of ether oxygens (including phenoxy) is 4. The number of halogens is 4. The van der Waals surface area contributed by atoms with Crippen LogP contribution in [0.15, 0.2) is 30.5 Å². The zero-order valence-electron chi connectivity index (χ0n) is 23.6. The number of nitrogens with zero attached hydrogens (tertiary/aromatic N) is 6. The molecule has 0 radical (unpaired) electrons. The Morgan fingerprint density at radius 1 is 1.16 bits per heavy atom. The molecule has 0 aromatic carbocycles. The van der Waals surface area contributed by atoms with Crippen molar-refractivity contribution in [1.82, 2.24) is 19.9 Å². The first-order valence-electron chi connectivity index (χ1n) is 13.8. The van der Waals surface area contributed by atoms with E-state index in [1.807, 2.05) is 6.92 Å². The molecule has 234 valence electrons. The largest absolute Gasteiger partial charge is 0.480 e. The number of aliphatic carboxylic acids is 1. The van der Waals surface area contributed by atoms with Crippen molar-refractivity contribution in [2.45, 2.75) is 43.6 Å². The fourth-order valence-corrected chi connectivity index (χ4v) is 5.83. The monoisotopic (exact) mass is 636 g/mol. The summed E-state index contributed by atoms with van der Waals surface area (Å²) in [6.07, 6.45) is -2.35. The molecule has 0 unspecified atom stereocenters. The van der Waals surface area contributed by atoms with Crippen LogP contribution in [-0.4, -0.2) is 94.8 Å². The van der Waals surface area contributed by atoms with Crippen LogP contribution < -0.4 is 19.3 Å². The maximum Gasteiger partial charge on any atom is 0.326 e. The van der Waals surface area contributed by atoms with E-state index < -0.39 is 41.8 Å². The number of carbonyl (C=O) groups is 1. The van der Waals surface area contributed by atoms with Gasteiger partial charge in [-0.05, 0) is 25.1 Å². The van der Waals surface area contributed by atoms with Crippen molar-refractivity contribution in [3.8, 4) is 23.1 Å². The summed E-state index contributed by atoms with van der Waals surface area (Å²) >= 11 is 6.32. The van der Waals surface area contributed by atoms with Crippen LogP contribution in [0.1, 0.15) is 25.6 Å². The number of morpholine rings is 1. The Balaban J connectivity index is 1.31. The van der Waals surface area contributed by atoms with E-state index in [-0.39, 0.29) is 48.0 Å². The molecule has 16 heteroatoms. The topological polar surface area (TPSA) is 132 Å². The number of hydrogen-bond donors (Lipinski definition) is 1. The molecule has 3 aliphatic heterocycles. The predicted molar refractivity (Wildman–Crippen MR) is 150 cm³/mol. The second kappa shape index (κ2) is 11.9. The van der Waals surface area contributed by atoms with E-state index in [4.69, 9.17) is 30.5 Å². The van der Waals surface area contributed by atoms with Gasteiger partial charge in [-0.2, -0.15) is 0 Å². The maximum atomic E-state index is 14.0. The highest BCUT2D eigenvalue weighted by molar-refractivity contribution is 6.30. The van der Waals surface area contributed by atoms with E-state index in [2.05, 4.69) is 24.8 Å². The number of hydrogen-bond acceptors (Lipinski definition) is 11. The average molecular weight is 637 g/mol. The number of anilines is 2. The van der Waals surface area contributed by atoms with Gasteiger partial charge in [0.2, 0.25) is 5.88 Å². The molecule has 0 saturated carbocycles. The second-order valence-corrected chi connectivity index (χ2v) is 11.1. The number of carboxylic acid groups (broad SMARTS) is 1. The van der Waals surface area contributed by atoms with Crippen molar-refractivity contribution < 1.29 is 42.0 Å². The minimum absolute atomic E-state index is 0.00148. The molecule has 3 aliphatic rings. The minimum Gasteiger partial charge on any atom is -0.480 e. The van der Waals surface area contributed by atoms with Crippen LogP contribution in [0.4, 0.5) is 24.7 Å². The highest BCUT2D eigenvalue weighted by atomic mass is 35.5. The van der Waals surface area contributed by atoms with Crippen molar-refractivity contribution in [2.24, 2.45) is 0 Å². The Bertz CT molecular complexity index is 1570. The van der Waals surface area contributed by atoms with Crippen LogP contribution in [0.2, 0.25) is 5.02 Å². The molecule has 0 aliphatic carbocycles. The quantitative estimate of drug-likeness (QED) is 0.386. The highest BCUT2D eigenvalue weighted by Gasteiger charge is 2.50. The van der Waals surface area contributed by atoms with Gasteiger partial charge >= 0.3 is 5.97 Å². The van der Waals surface area contributed by atoms with Crippen molar-refractivity contribution >= 4 is 29.1 Å². The molecule has 12 nitrogen and oxygen atoms in total. The molecule has 0 amide bonds. The smallest absolute Gasteiger partial charge is 0.326 e. The lowest BCUT2D eigenvalue weighted by molar-refractivity contribution is -0.228. The highest BCUT2D eigenvalue weighted by Crippen LogP contribution is 2.40. The van der Waals surface area contributed by atoms with Crippen molar-refractivity contribution in [3.63, 3.8) is 0 Å². The first-order valence-corrected chi connectivity index (χ1v) is 14.1. The predicted octanol–water partition coefficient (Wildman–Crippen LogP) is 3.78. The molecule has 1 spiro atoms. The molecular formula is C28H28ClF3N6O6. The summed E-state index contributed by atoms with van der Waals surface area (Å²) < 4.78 is 64.4. The lowest BCUT2D eigenvalue weighted by Gasteiger charge is -2.53. The molecule has 6 rings (SSSR count). The fourth-order valence-electron chi connectivity index (χ4n) is 5.68. The molecule has 3 fully saturated rings. The van der Waals surface area contributed by atoms with Crippen LogP contribution in [0.5, 0.6) is 11.8 Å². The number of rotatable bonds is 8. The lowest BCUT2D eigenvalue weighted by atomic mass is 9.90. The Labute approximate surface area is 254 Å². The minimum atomic E-state index is -3.07. The molecular weight excluding hydrogens is 609 g/mol. The third-order valence-corrected chi connectivity index (χ3v) is 8.27. The number of aromatic nitrogens is 4. The summed E-state index contributed by atoms with van der Waals surface area (Å²) in [7, 11) is 1.22. The van der Waals surface area contributed by atoms with Gasteiger partial charge < -0.3 is 33.9 Å². The van der Waals surface area contributed by atoms with Crippen molar-refractivity contribution in [1.29, 1.82) is 0 Å². The van der Waals surface area contributed by atoms with Gasteiger partial charge in [-0.3, -0.25) is 0 Å². The summed E-state index contributed by atoms with van der Waals surface area (Å²) in [4.78, 5) is 32.1. The van der Waals surface area contributed by atoms with E-state index >= 15 is 0 Å². The summed E-state index contributed by atoms with van der Waals surface area (Å²) in [5, 5.41) is 10.5. The third-order valence-electron chi connectivity index (χ3n) is 8.07. The maximum absolute atomic E-state index is 14.0. The molecule has 3 aromatic heterocycles. The van der Waals surface area contributed by atoms with Crippen LogP contribution in [0.25, 0.3) is 11.4 Å². The van der Waals surface area contributed by atoms with Gasteiger partial charge in [0, 0.05) is 25.2 Å². The standard InChI is InChI=1S/C28H28ClF3N6O6/c1-14-28(12-42-13-28)43-6-5-37(14)20-7-15(29)10-33-26(20)44-16-8-21(27(39)40)38(11-16)22-9-19(34-24(36-22)23(31)32)18-4-3-17(30)25(35-18)41-2/h3-4,7,9-10,14,16,21,23H,5-6,8,11-13H2,1-2H3,(H,39,40)/t14-,16-,21-/m0/s1. The summed E-state index contributed by atoms with van der Waals surface area (Å²) in [5.41, 5.74) is 0.129. The zero-order chi connectivity index (χ0) is 31.2. The van der Waals surface area contributed by atoms with E-state index in [1.165, 1.54) is 30.3 Å². The molecule has 44 heavy (non-hydrogen) atoms. The SMILES string of the molecule is COc1nc(-c2cc(N3C[C@@H](Oc4ncc(Cl)cc4N4CCOC5(COC5)[C@@H]4C)C[C@H]3C(=O)O)nc(C(F)F)n2)ccc1F. The number of methoxy groups -OCH3 is 1. The van der Waals surface area contributed by atoms with Crippen LogP contribution >= 0.6 is 11.6 Å². The second-order valence-electron chi connectivity index (χ2n) is 10.7. The molecule has 3 aromatic rings. The summed E-state index contributed by atoms with van der Waals surface area (Å²) in [6, 6.07) is 4.12. The van der Waals surface area contributed by atoms with E-state index in [0.29, 0.717) is 37.1 Å². The Kier molecular flexibility index (Phi) is 8.11. The van der Waals surface area contributed by atoms with Crippen LogP contribution in [-0.2, 0) is 14.3 Å². The van der Waals surface area contributed by atoms with Crippen LogP contribution in [0, 0.1) is 5.82 Å². The Morgan fingerprint density at radius 3 is 2.64 bits per heavy atom. The van der Waals surface area contributed by atoms with Gasteiger partial charge in [0.25, 0.3) is 12.3 Å². The average Bonchev–Trinajstić information content (AvgIpc) is 3.42. The first kappa shape index (κ1) is 30.1. The molecule has 0 bridgehead atoms. The fraction of sp³-hybridized carbons (Fsp3) is 0.464. The van der Waals surface area contributed by atoms with Crippen molar-refractivity contribution in [3.05, 3.63) is 47.1 Å². The third kappa shape index (κ3) is 5.55. The van der Waals surface area contributed by atoms with Gasteiger partial charge in [0.1, 0.15) is 29.3 Å². The normalized spacial score (nSPS) is 22.8. The van der Waals surface area contributed by atoms with E-state index in [9.17, 15) is 23.1 Å². The molecule has 3 saturated heterocycles. The van der Waals surface area contributed by atoms with E-state index in [0.717, 1.165) is 6.07 Å². The van der Waals surface area contributed by atoms with Crippen LogP contribution in [0.3, 0.4) is 0 Å². The van der Waals surface area contributed by atoms with Gasteiger partial charge in [-0.15, -0.1) is 0 Å². The van der Waals surface area contributed by atoms with Gasteiger partial charge in [-0.1, -0.05) is 11.6 Å². The number of pyridine rings is 2. The number of carboxylic acids is 1. The molecule has 1 N–H and O–H groups in total. The summed E-state index contributed by atoms with van der Waals surface area (Å²) in [6.45, 7) is 3.90. The lowest BCUT2D eigenvalue weighted by Crippen LogP contribution is -2.68. The van der Waals surface area contributed by atoms with Gasteiger partial charge in [0.05, 0.1) is 55.9 Å². The van der Waals surface area contributed by atoms with Gasteiger partial charge in [-0.25, -0.2) is 37.9 Å².